The third-order valence-electron chi connectivity index (χ3n) is 1.62. The molecule has 0 spiro atoms. The number of hydrogen-bond acceptors (Lipinski definition) is 2. The second kappa shape index (κ2) is 5.44. The van der Waals surface area contributed by atoms with Gasteiger partial charge in [0.2, 0.25) is 0 Å². The van der Waals surface area contributed by atoms with E-state index in [2.05, 4.69) is 6.08 Å². The summed E-state index contributed by atoms with van der Waals surface area (Å²) in [4.78, 5) is 12.9. The molecule has 1 unspecified atom stereocenters. The van der Waals surface area contributed by atoms with E-state index in [1.807, 2.05) is 33.8 Å². The first-order chi connectivity index (χ1) is 6.38. The second-order valence-electron chi connectivity index (χ2n) is 4.31. The Hall–Kier alpha value is -0.653. The van der Waals surface area contributed by atoms with Crippen LogP contribution in [0.15, 0.2) is 18.5 Å². The van der Waals surface area contributed by atoms with Crippen LogP contribution in [0.5, 0.6) is 0 Å². The van der Waals surface area contributed by atoms with Gasteiger partial charge in [-0.05, 0) is 20.8 Å². The van der Waals surface area contributed by atoms with E-state index < -0.39 is 5.60 Å². The van der Waals surface area contributed by atoms with Crippen LogP contribution in [0, 0.1) is 12.0 Å². The average Bonchev–Trinajstić information content (AvgIpc) is 2.02. The van der Waals surface area contributed by atoms with Gasteiger partial charge in [0.05, 0.1) is 0 Å². The Morgan fingerprint density at radius 2 is 2.07 bits per heavy atom. The zero-order chi connectivity index (χ0) is 10.8. The first-order valence-electron chi connectivity index (χ1n) is 4.67. The SMILES string of the molecule is CC1[C-]=CN(C(=O)OC(C)(C)C)C=C1.[Li+]. The molecule has 1 atom stereocenters. The van der Waals surface area contributed by atoms with Gasteiger partial charge in [0, 0.05) is 6.20 Å². The minimum atomic E-state index is -0.457. The van der Waals surface area contributed by atoms with Crippen LogP contribution in [-0.4, -0.2) is 16.6 Å². The Morgan fingerprint density at radius 3 is 2.47 bits per heavy atom. The maximum atomic E-state index is 11.5. The number of allylic oxidation sites excluding steroid dienone is 2. The van der Waals surface area contributed by atoms with Crippen LogP contribution in [0.3, 0.4) is 0 Å². The summed E-state index contributed by atoms with van der Waals surface area (Å²) >= 11 is 0. The fourth-order valence-electron chi connectivity index (χ4n) is 0.946. The van der Waals surface area contributed by atoms with Gasteiger partial charge in [0.1, 0.15) is 5.60 Å². The maximum absolute atomic E-state index is 11.5. The van der Waals surface area contributed by atoms with E-state index in [4.69, 9.17) is 4.74 Å². The number of carbonyl (C=O) groups is 1. The molecule has 0 aromatic heterocycles. The summed E-state index contributed by atoms with van der Waals surface area (Å²) < 4.78 is 5.18. The topological polar surface area (TPSA) is 29.5 Å². The molecular weight excluding hydrogens is 185 g/mol. The molecule has 1 heterocycles. The maximum Gasteiger partial charge on any atom is 1.00 e. The van der Waals surface area contributed by atoms with Gasteiger partial charge in [-0.2, -0.15) is 12.1 Å². The number of carbonyl (C=O) groups excluding carboxylic acids is 1. The smallest absolute Gasteiger partial charge is 0.472 e. The molecule has 1 aliphatic rings. The van der Waals surface area contributed by atoms with Gasteiger partial charge in [-0.25, -0.2) is 4.79 Å². The Kier molecular flexibility index (Phi) is 5.20. The number of hydrogen-bond donors (Lipinski definition) is 0. The number of amides is 1. The molecular formula is C11H16LiNO2. The number of rotatable bonds is 0. The molecule has 0 fully saturated rings. The molecule has 1 amide bonds. The van der Waals surface area contributed by atoms with E-state index in [0.29, 0.717) is 0 Å². The van der Waals surface area contributed by atoms with Crippen molar-refractivity contribution < 1.29 is 28.4 Å². The summed E-state index contributed by atoms with van der Waals surface area (Å²) in [7, 11) is 0. The van der Waals surface area contributed by atoms with Gasteiger partial charge in [-0.1, -0.05) is 13.0 Å². The molecule has 15 heavy (non-hydrogen) atoms. The summed E-state index contributed by atoms with van der Waals surface area (Å²) in [6, 6.07) is 0. The molecule has 4 heteroatoms. The van der Waals surface area contributed by atoms with Crippen molar-refractivity contribution in [1.29, 1.82) is 0 Å². The minimum Gasteiger partial charge on any atom is -0.472 e. The summed E-state index contributed by atoms with van der Waals surface area (Å²) in [6.07, 6.45) is 7.85. The van der Waals surface area contributed by atoms with Crippen LogP contribution in [0.2, 0.25) is 0 Å². The summed E-state index contributed by atoms with van der Waals surface area (Å²) in [5.74, 6) is 0.258. The van der Waals surface area contributed by atoms with Crippen LogP contribution in [-0.2, 0) is 4.74 Å². The molecule has 3 nitrogen and oxygen atoms in total. The van der Waals surface area contributed by atoms with Crippen LogP contribution < -0.4 is 18.9 Å². The van der Waals surface area contributed by atoms with Gasteiger partial charge < -0.3 is 10.8 Å². The molecule has 0 N–H and O–H groups in total. The predicted octanol–water partition coefficient (Wildman–Crippen LogP) is -0.292. The minimum absolute atomic E-state index is 0. The van der Waals surface area contributed by atoms with E-state index in [1.54, 1.807) is 12.4 Å². The van der Waals surface area contributed by atoms with Gasteiger partial charge in [0.25, 0.3) is 0 Å². The van der Waals surface area contributed by atoms with Crippen molar-refractivity contribution in [2.24, 2.45) is 5.92 Å². The van der Waals surface area contributed by atoms with Crippen molar-refractivity contribution in [3.05, 3.63) is 24.6 Å². The zero-order valence-corrected chi connectivity index (χ0v) is 10.1. The molecule has 0 radical (unpaired) electrons. The van der Waals surface area contributed by atoms with Crippen molar-refractivity contribution in [2.75, 3.05) is 0 Å². The first kappa shape index (κ1) is 14.3. The fourth-order valence-corrected chi connectivity index (χ4v) is 0.946. The van der Waals surface area contributed by atoms with E-state index in [0.717, 1.165) is 0 Å². The van der Waals surface area contributed by atoms with Crippen molar-refractivity contribution in [3.63, 3.8) is 0 Å². The molecule has 0 saturated carbocycles. The third-order valence-corrected chi connectivity index (χ3v) is 1.62. The molecule has 0 bridgehead atoms. The van der Waals surface area contributed by atoms with Crippen LogP contribution >= 0.6 is 0 Å². The Morgan fingerprint density at radius 1 is 1.47 bits per heavy atom. The average molecular weight is 201 g/mol. The molecule has 0 aliphatic carbocycles. The standard InChI is InChI=1S/C11H16NO2.Li/c1-9-5-7-12(8-6-9)10(13)14-11(2,3)4;/h5,7-9H,1-4H3;/q-1;+1. The molecule has 1 rings (SSSR count). The normalized spacial score (nSPS) is 19.7. The van der Waals surface area contributed by atoms with Gasteiger partial charge >= 0.3 is 25.0 Å². The zero-order valence-electron chi connectivity index (χ0n) is 10.1. The van der Waals surface area contributed by atoms with Crippen molar-refractivity contribution in [1.82, 2.24) is 4.90 Å². The monoisotopic (exact) mass is 201 g/mol. The van der Waals surface area contributed by atoms with Gasteiger partial charge in [-0.15, -0.1) is 0 Å². The Balaban J connectivity index is 0.00000196. The van der Waals surface area contributed by atoms with E-state index in [1.165, 1.54) is 4.90 Å². The third kappa shape index (κ3) is 5.11. The van der Waals surface area contributed by atoms with Crippen molar-refractivity contribution >= 4 is 6.09 Å². The first-order valence-corrected chi connectivity index (χ1v) is 4.67. The Bertz CT molecular complexity index is 265. The summed E-state index contributed by atoms with van der Waals surface area (Å²) in [6.45, 7) is 7.53. The van der Waals surface area contributed by atoms with E-state index >= 15 is 0 Å². The largest absolute Gasteiger partial charge is 1.00 e. The number of nitrogens with zero attached hydrogens (tertiary/aromatic N) is 1. The van der Waals surface area contributed by atoms with Gasteiger partial charge in [-0.3, -0.25) is 4.90 Å². The van der Waals surface area contributed by atoms with Crippen LogP contribution in [0.1, 0.15) is 27.7 Å². The summed E-state index contributed by atoms with van der Waals surface area (Å²) in [5, 5.41) is 0. The summed E-state index contributed by atoms with van der Waals surface area (Å²) in [5.41, 5.74) is -0.457. The van der Waals surface area contributed by atoms with Gasteiger partial charge in [0.15, 0.2) is 0 Å². The Labute approximate surface area is 103 Å². The molecule has 1 aliphatic heterocycles. The molecule has 0 aromatic rings. The second-order valence-corrected chi connectivity index (χ2v) is 4.31. The number of ether oxygens (including phenoxy) is 1. The molecule has 78 valence electrons. The molecule has 0 aromatic carbocycles. The van der Waals surface area contributed by atoms with E-state index in [-0.39, 0.29) is 30.9 Å². The van der Waals surface area contributed by atoms with Crippen molar-refractivity contribution in [3.8, 4) is 0 Å². The predicted molar refractivity (Wildman–Crippen MR) is 54.2 cm³/mol. The van der Waals surface area contributed by atoms with Crippen LogP contribution in [0.4, 0.5) is 4.79 Å². The van der Waals surface area contributed by atoms with Crippen molar-refractivity contribution in [2.45, 2.75) is 33.3 Å². The van der Waals surface area contributed by atoms with E-state index in [9.17, 15) is 4.79 Å². The molecule has 0 saturated heterocycles. The van der Waals surface area contributed by atoms with Crippen LogP contribution in [0.25, 0.3) is 0 Å². The quantitative estimate of drug-likeness (QED) is 0.398. The fraction of sp³-hybridized carbons (Fsp3) is 0.545.